The van der Waals surface area contributed by atoms with E-state index >= 15 is 0 Å². The Hall–Kier alpha value is -3.18. The van der Waals surface area contributed by atoms with E-state index in [1.54, 1.807) is 20.8 Å². The van der Waals surface area contributed by atoms with Gasteiger partial charge in [-0.2, -0.15) is 0 Å². The van der Waals surface area contributed by atoms with E-state index in [1.165, 1.54) is 0 Å². The average molecular weight is 406 g/mol. The third-order valence-corrected chi connectivity index (χ3v) is 5.38. The van der Waals surface area contributed by atoms with Crippen molar-refractivity contribution in [1.82, 2.24) is 4.98 Å². The predicted molar refractivity (Wildman–Crippen MR) is 117 cm³/mol. The van der Waals surface area contributed by atoms with Crippen molar-refractivity contribution in [3.05, 3.63) is 94.3 Å². The van der Waals surface area contributed by atoms with Gasteiger partial charge in [-0.05, 0) is 33.3 Å². The Morgan fingerprint density at radius 1 is 0.967 bits per heavy atom. The largest absolute Gasteiger partial charge is 0.462 e. The molecule has 0 bridgehead atoms. The van der Waals surface area contributed by atoms with Gasteiger partial charge < -0.3 is 15.0 Å². The topological polar surface area (TPSA) is 75.8 Å². The molecule has 5 heteroatoms. The van der Waals surface area contributed by atoms with E-state index in [-0.39, 0.29) is 17.9 Å². The van der Waals surface area contributed by atoms with Crippen LogP contribution in [0, 0.1) is 13.8 Å². The maximum Gasteiger partial charge on any atom is 0.340 e. The fourth-order valence-electron chi connectivity index (χ4n) is 3.85. The highest BCUT2D eigenvalue weighted by molar-refractivity contribution is 6.03. The summed E-state index contributed by atoms with van der Waals surface area (Å²) in [7, 11) is 0. The lowest BCUT2D eigenvalue weighted by molar-refractivity contribution is -0.703. The number of H-pyrrole nitrogens is 1. The van der Waals surface area contributed by atoms with Gasteiger partial charge in [-0.15, -0.1) is 0 Å². The van der Waals surface area contributed by atoms with Gasteiger partial charge in [0.1, 0.15) is 12.1 Å². The molecule has 3 aromatic rings. The van der Waals surface area contributed by atoms with Crippen LogP contribution in [0.1, 0.15) is 63.1 Å². The van der Waals surface area contributed by atoms with E-state index in [1.807, 2.05) is 43.3 Å². The number of carbonyl (C=O) groups excluding carboxylic acids is 2. The summed E-state index contributed by atoms with van der Waals surface area (Å²) >= 11 is 0. The summed E-state index contributed by atoms with van der Waals surface area (Å²) in [5.41, 5.74) is 4.50. The van der Waals surface area contributed by atoms with Crippen LogP contribution in [0.25, 0.3) is 0 Å². The Kier molecular flexibility index (Phi) is 6.85. The molecule has 0 spiro atoms. The number of rotatable bonds is 8. The SMILES string of the molecule is CCOC(=O)c1c(C)[nH]c(C(=O)[C@@H](C)[NH2+]C(c2ccccc2)c2ccccc2)c1C. The van der Waals surface area contributed by atoms with Crippen LogP contribution >= 0.6 is 0 Å². The molecule has 0 aliphatic carbocycles. The minimum absolute atomic E-state index is 0.00718. The number of nitrogens with two attached hydrogens (primary N) is 1. The first kappa shape index (κ1) is 21.5. The van der Waals surface area contributed by atoms with Crippen molar-refractivity contribution in [2.45, 2.75) is 39.8 Å². The van der Waals surface area contributed by atoms with Crippen molar-refractivity contribution in [2.24, 2.45) is 0 Å². The number of Topliss-reactive ketones (excluding diaryl/α,β-unsaturated/α-hetero) is 1. The molecule has 1 heterocycles. The number of carbonyl (C=O) groups is 2. The molecule has 0 amide bonds. The van der Waals surface area contributed by atoms with Gasteiger partial charge in [0.25, 0.3) is 0 Å². The lowest BCUT2D eigenvalue weighted by atomic mass is 9.96. The summed E-state index contributed by atoms with van der Waals surface area (Å²) in [6.07, 6.45) is 0. The number of quaternary nitrogens is 1. The van der Waals surface area contributed by atoms with Gasteiger partial charge in [0.2, 0.25) is 5.78 Å². The van der Waals surface area contributed by atoms with Crippen molar-refractivity contribution in [3.63, 3.8) is 0 Å². The van der Waals surface area contributed by atoms with Gasteiger partial charge in [-0.25, -0.2) is 4.79 Å². The number of esters is 1. The van der Waals surface area contributed by atoms with Gasteiger partial charge in [0, 0.05) is 16.8 Å². The third kappa shape index (κ3) is 4.52. The van der Waals surface area contributed by atoms with Gasteiger partial charge in [0.05, 0.1) is 17.9 Å². The van der Waals surface area contributed by atoms with Crippen molar-refractivity contribution in [3.8, 4) is 0 Å². The smallest absolute Gasteiger partial charge is 0.340 e. The quantitative estimate of drug-likeness (QED) is 0.443. The first-order valence-corrected chi connectivity index (χ1v) is 10.3. The van der Waals surface area contributed by atoms with Crippen LogP contribution in [0.4, 0.5) is 0 Å². The second kappa shape index (κ2) is 9.55. The number of hydrogen-bond donors (Lipinski definition) is 2. The Morgan fingerprint density at radius 2 is 1.50 bits per heavy atom. The molecule has 3 N–H and O–H groups in total. The summed E-state index contributed by atoms with van der Waals surface area (Å²) in [5, 5.41) is 2.08. The van der Waals surface area contributed by atoms with Crippen LogP contribution in [-0.2, 0) is 4.74 Å². The molecule has 0 saturated heterocycles. The number of ether oxygens (including phenoxy) is 1. The maximum absolute atomic E-state index is 13.3. The average Bonchev–Trinajstić information content (AvgIpc) is 3.06. The number of ketones is 1. The fourth-order valence-corrected chi connectivity index (χ4v) is 3.85. The maximum atomic E-state index is 13.3. The molecular weight excluding hydrogens is 376 g/mol. The zero-order valence-corrected chi connectivity index (χ0v) is 17.9. The zero-order valence-electron chi connectivity index (χ0n) is 17.9. The number of nitrogens with one attached hydrogen (secondary N) is 1. The molecule has 0 unspecified atom stereocenters. The Balaban J connectivity index is 1.88. The highest BCUT2D eigenvalue weighted by Crippen LogP contribution is 2.21. The fraction of sp³-hybridized carbons (Fsp3) is 0.280. The van der Waals surface area contributed by atoms with E-state index in [2.05, 4.69) is 34.6 Å². The van der Waals surface area contributed by atoms with Crippen LogP contribution in [0.15, 0.2) is 60.7 Å². The summed E-state index contributed by atoms with van der Waals surface area (Å²) < 4.78 is 5.15. The van der Waals surface area contributed by atoms with Gasteiger partial charge >= 0.3 is 5.97 Å². The standard InChI is InChI=1S/C25H28N2O3/c1-5-30-25(29)21-16(2)22(26-17(21)3)24(28)18(4)27-23(19-12-8-6-9-13-19)20-14-10-7-11-15-20/h6-15,18,23,26-27H,5H2,1-4H3/p+1/t18-/m1/s1. The zero-order chi connectivity index (χ0) is 21.7. The molecule has 3 rings (SSSR count). The highest BCUT2D eigenvalue weighted by atomic mass is 16.5. The van der Waals surface area contributed by atoms with E-state index < -0.39 is 5.97 Å². The lowest BCUT2D eigenvalue weighted by Crippen LogP contribution is -2.92. The van der Waals surface area contributed by atoms with Crippen LogP contribution in [-0.4, -0.2) is 29.4 Å². The number of aromatic nitrogens is 1. The highest BCUT2D eigenvalue weighted by Gasteiger charge is 2.30. The second-order valence-electron chi connectivity index (χ2n) is 7.49. The molecule has 0 aliphatic rings. The molecule has 0 aliphatic heterocycles. The molecule has 30 heavy (non-hydrogen) atoms. The summed E-state index contributed by atoms with van der Waals surface area (Å²) in [6.45, 7) is 7.56. The van der Waals surface area contributed by atoms with Crippen molar-refractivity contribution >= 4 is 11.8 Å². The molecule has 0 fully saturated rings. The monoisotopic (exact) mass is 405 g/mol. The molecule has 0 saturated carbocycles. The molecule has 5 nitrogen and oxygen atoms in total. The molecule has 156 valence electrons. The minimum atomic E-state index is -0.397. The van der Waals surface area contributed by atoms with Crippen molar-refractivity contribution in [2.75, 3.05) is 6.61 Å². The van der Waals surface area contributed by atoms with Gasteiger partial charge in [-0.3, -0.25) is 4.79 Å². The Bertz CT molecular complexity index is 970. The van der Waals surface area contributed by atoms with Gasteiger partial charge in [0.15, 0.2) is 0 Å². The summed E-state index contributed by atoms with van der Waals surface area (Å²) in [5.74, 6) is -0.436. The number of aryl methyl sites for hydroxylation is 1. The molecule has 2 aromatic carbocycles. The van der Waals surface area contributed by atoms with Crippen molar-refractivity contribution in [1.29, 1.82) is 0 Å². The first-order chi connectivity index (χ1) is 14.4. The molecule has 1 aromatic heterocycles. The second-order valence-corrected chi connectivity index (χ2v) is 7.49. The van der Waals surface area contributed by atoms with E-state index in [0.29, 0.717) is 29.1 Å². The van der Waals surface area contributed by atoms with E-state index in [4.69, 9.17) is 4.74 Å². The van der Waals surface area contributed by atoms with Crippen LogP contribution in [0.2, 0.25) is 0 Å². The third-order valence-electron chi connectivity index (χ3n) is 5.38. The van der Waals surface area contributed by atoms with Crippen LogP contribution < -0.4 is 5.32 Å². The van der Waals surface area contributed by atoms with Gasteiger partial charge in [-0.1, -0.05) is 60.7 Å². The summed E-state index contributed by atoms with van der Waals surface area (Å²) in [4.78, 5) is 28.7. The lowest BCUT2D eigenvalue weighted by Gasteiger charge is -2.20. The minimum Gasteiger partial charge on any atom is -0.462 e. The normalized spacial score (nSPS) is 12.0. The molecular formula is C25H29N2O3+. The van der Waals surface area contributed by atoms with Crippen molar-refractivity contribution < 1.29 is 19.6 Å². The Labute approximate surface area is 177 Å². The van der Waals surface area contributed by atoms with E-state index in [9.17, 15) is 9.59 Å². The van der Waals surface area contributed by atoms with E-state index in [0.717, 1.165) is 11.1 Å². The van der Waals surface area contributed by atoms with Crippen LogP contribution in [0.5, 0.6) is 0 Å². The predicted octanol–water partition coefficient (Wildman–Crippen LogP) is 3.73. The Morgan fingerprint density at radius 3 is 2.00 bits per heavy atom. The number of hydrogen-bond acceptors (Lipinski definition) is 3. The molecule has 1 atom stereocenters. The first-order valence-electron chi connectivity index (χ1n) is 10.3. The number of benzene rings is 2. The molecule has 0 radical (unpaired) electrons. The van der Waals surface area contributed by atoms with Crippen LogP contribution in [0.3, 0.4) is 0 Å². The number of aromatic amines is 1. The summed E-state index contributed by atoms with van der Waals surface area (Å²) in [6, 6.07) is 20.0.